The van der Waals surface area contributed by atoms with Gasteiger partial charge in [-0.25, -0.2) is 9.59 Å². The molecule has 1 aromatic rings. The number of carbonyl (C=O) groups excluding carboxylic acids is 3. The molecule has 9 heteroatoms. The van der Waals surface area contributed by atoms with E-state index in [1.165, 1.54) is 32.9 Å². The molecule has 0 aromatic carbocycles. The normalized spacial score (nSPS) is 12.4. The van der Waals surface area contributed by atoms with Crippen molar-refractivity contribution in [3.8, 4) is 0 Å². The van der Waals surface area contributed by atoms with Crippen LogP contribution in [0, 0.1) is 6.92 Å². The van der Waals surface area contributed by atoms with Gasteiger partial charge in [-0.1, -0.05) is 13.0 Å². The number of thiophene rings is 1. The summed E-state index contributed by atoms with van der Waals surface area (Å²) in [5, 5.41) is 0. The van der Waals surface area contributed by atoms with E-state index in [9.17, 15) is 14.4 Å². The lowest BCUT2D eigenvalue weighted by atomic mass is 10.1. The Bertz CT molecular complexity index is 792. The van der Waals surface area contributed by atoms with Gasteiger partial charge in [-0.3, -0.25) is 4.79 Å². The zero-order valence-electron chi connectivity index (χ0n) is 16.5. The van der Waals surface area contributed by atoms with Gasteiger partial charge in [0.1, 0.15) is 0 Å². The summed E-state index contributed by atoms with van der Waals surface area (Å²) >= 11 is 5.72. The molecule has 5 nitrogen and oxygen atoms in total. The lowest BCUT2D eigenvalue weighted by Gasteiger charge is -2.11. The number of carbonyl (C=O) groups is 3. The first-order valence-electron chi connectivity index (χ1n) is 8.69. The molecule has 1 rings (SSSR count). The van der Waals surface area contributed by atoms with Crippen molar-refractivity contribution in [3.05, 3.63) is 37.5 Å². The van der Waals surface area contributed by atoms with Gasteiger partial charge in [-0.2, -0.15) is 0 Å². The first-order chi connectivity index (χ1) is 13.3. The molecule has 0 saturated carbocycles. The van der Waals surface area contributed by atoms with Crippen LogP contribution in [-0.2, 0) is 14.3 Å². The highest BCUT2D eigenvalue weighted by Gasteiger charge is 2.24. The molecule has 1 aromatic heterocycles. The second kappa shape index (κ2) is 12.4. The number of ether oxygens (including phenoxy) is 2. The molecule has 1 heterocycles. The Kier molecular flexibility index (Phi) is 11.0. The van der Waals surface area contributed by atoms with Gasteiger partial charge < -0.3 is 9.47 Å². The third-order valence-electron chi connectivity index (χ3n) is 3.53. The summed E-state index contributed by atoms with van der Waals surface area (Å²) in [5.41, 5.74) is 2.15. The van der Waals surface area contributed by atoms with E-state index in [1.807, 2.05) is 19.9 Å². The lowest BCUT2D eigenvalue weighted by molar-refractivity contribution is -0.138. The number of hydrogen-bond acceptors (Lipinski definition) is 9. The smallest absolute Gasteiger partial charge is 0.340 e. The molecule has 0 atom stereocenters. The van der Waals surface area contributed by atoms with Crippen molar-refractivity contribution >= 4 is 63.8 Å². The third-order valence-corrected chi connectivity index (χ3v) is 8.28. The average molecular weight is 461 g/mol. The van der Waals surface area contributed by atoms with E-state index in [0.29, 0.717) is 30.0 Å². The van der Waals surface area contributed by atoms with E-state index >= 15 is 0 Å². The predicted molar refractivity (Wildman–Crippen MR) is 121 cm³/mol. The molecule has 0 aliphatic rings. The highest BCUT2D eigenvalue weighted by atomic mass is 33.1. The molecule has 0 N–H and O–H groups in total. The quantitative estimate of drug-likeness (QED) is 0.117. The predicted octanol–water partition coefficient (Wildman–Crippen LogP) is 5.85. The minimum Gasteiger partial charge on any atom is -0.462 e. The fraction of sp³-hybridized carbons (Fsp3) is 0.421. The summed E-state index contributed by atoms with van der Waals surface area (Å²) in [6.45, 7) is 9.51. The standard InChI is InChI=1S/C19H24O5S4/c1-6-9-11(4)14(16(21)23-7-2)18(25)27-28-19-15(17(22)24-8-3)12(5)13(10-20)26-19/h9-10,25H,6-8H2,1-5H3/b11-9+,18-14-. The van der Waals surface area contributed by atoms with Gasteiger partial charge in [0.2, 0.25) is 0 Å². The number of rotatable bonds is 10. The molecular weight excluding hydrogens is 436 g/mol. The maximum absolute atomic E-state index is 12.4. The second-order valence-corrected chi connectivity index (χ2v) is 9.66. The number of hydrogen-bond donors (Lipinski definition) is 1. The van der Waals surface area contributed by atoms with Crippen LogP contribution in [0.25, 0.3) is 0 Å². The van der Waals surface area contributed by atoms with Crippen LogP contribution in [0.3, 0.4) is 0 Å². The summed E-state index contributed by atoms with van der Waals surface area (Å²) in [6.07, 6.45) is 3.43. The molecular formula is C19H24O5S4. The highest BCUT2D eigenvalue weighted by molar-refractivity contribution is 8.80. The Morgan fingerprint density at radius 3 is 2.36 bits per heavy atom. The van der Waals surface area contributed by atoms with E-state index in [4.69, 9.17) is 9.47 Å². The molecule has 0 fully saturated rings. The topological polar surface area (TPSA) is 69.7 Å². The maximum Gasteiger partial charge on any atom is 0.340 e. The van der Waals surface area contributed by atoms with Crippen LogP contribution >= 0.6 is 45.6 Å². The molecule has 28 heavy (non-hydrogen) atoms. The number of esters is 2. The van der Waals surface area contributed by atoms with Crippen molar-refractivity contribution < 1.29 is 23.9 Å². The van der Waals surface area contributed by atoms with Crippen molar-refractivity contribution in [2.75, 3.05) is 13.2 Å². The van der Waals surface area contributed by atoms with Crippen LogP contribution in [0.4, 0.5) is 0 Å². The fourth-order valence-electron chi connectivity index (χ4n) is 2.26. The SMILES string of the molecule is CC/C=C(C)/C(C(=O)OCC)=C(\S)SSc1sc(C=O)c(C)c1C(=O)OCC. The van der Waals surface area contributed by atoms with Crippen LogP contribution in [0.1, 0.15) is 59.7 Å². The van der Waals surface area contributed by atoms with Crippen LogP contribution < -0.4 is 0 Å². The van der Waals surface area contributed by atoms with E-state index < -0.39 is 11.9 Å². The molecule has 0 spiro atoms. The number of thiol groups is 1. The lowest BCUT2D eigenvalue weighted by Crippen LogP contribution is -2.09. The Balaban J connectivity index is 3.25. The molecule has 0 radical (unpaired) electrons. The van der Waals surface area contributed by atoms with E-state index in [1.54, 1.807) is 20.8 Å². The van der Waals surface area contributed by atoms with Crippen molar-refractivity contribution in [2.45, 2.75) is 45.2 Å². The van der Waals surface area contributed by atoms with Crippen molar-refractivity contribution in [3.63, 3.8) is 0 Å². The molecule has 0 bridgehead atoms. The molecule has 154 valence electrons. The number of aldehydes is 1. The summed E-state index contributed by atoms with van der Waals surface area (Å²) in [4.78, 5) is 36.4. The summed E-state index contributed by atoms with van der Waals surface area (Å²) in [6, 6.07) is 0. The minimum atomic E-state index is -0.468. The summed E-state index contributed by atoms with van der Waals surface area (Å²) in [7, 11) is 2.50. The zero-order chi connectivity index (χ0) is 21.3. The van der Waals surface area contributed by atoms with Gasteiger partial charge in [0.25, 0.3) is 0 Å². The Hall–Kier alpha value is -1.16. The zero-order valence-corrected chi connectivity index (χ0v) is 19.8. The van der Waals surface area contributed by atoms with E-state index in [-0.39, 0.29) is 13.2 Å². The first-order valence-corrected chi connectivity index (χ1v) is 12.1. The van der Waals surface area contributed by atoms with Crippen LogP contribution in [0.5, 0.6) is 0 Å². The van der Waals surface area contributed by atoms with Crippen molar-refractivity contribution in [2.24, 2.45) is 0 Å². The average Bonchev–Trinajstić information content (AvgIpc) is 2.96. The Morgan fingerprint density at radius 1 is 1.18 bits per heavy atom. The molecule has 0 aliphatic heterocycles. The van der Waals surface area contributed by atoms with Crippen molar-refractivity contribution in [1.29, 1.82) is 0 Å². The van der Waals surface area contributed by atoms with E-state index in [0.717, 1.165) is 18.3 Å². The Morgan fingerprint density at radius 2 is 1.82 bits per heavy atom. The molecule has 0 unspecified atom stereocenters. The maximum atomic E-state index is 12.4. The highest BCUT2D eigenvalue weighted by Crippen LogP contribution is 2.47. The molecule has 0 aliphatic carbocycles. The van der Waals surface area contributed by atoms with Gasteiger partial charge >= 0.3 is 11.9 Å². The van der Waals surface area contributed by atoms with Crippen LogP contribution in [0.15, 0.2) is 25.7 Å². The monoisotopic (exact) mass is 460 g/mol. The Labute approximate surface area is 183 Å². The van der Waals surface area contributed by atoms with Crippen LogP contribution in [-0.4, -0.2) is 31.4 Å². The largest absolute Gasteiger partial charge is 0.462 e. The minimum absolute atomic E-state index is 0.244. The van der Waals surface area contributed by atoms with Gasteiger partial charge in [0.05, 0.1) is 37.7 Å². The fourth-order valence-corrected chi connectivity index (χ4v) is 6.49. The third kappa shape index (κ3) is 6.43. The van der Waals surface area contributed by atoms with Gasteiger partial charge in [-0.15, -0.1) is 24.0 Å². The van der Waals surface area contributed by atoms with E-state index in [2.05, 4.69) is 12.6 Å². The second-order valence-electron chi connectivity index (χ2n) is 5.45. The number of allylic oxidation sites excluding steroid dienone is 1. The van der Waals surface area contributed by atoms with Gasteiger partial charge in [0.15, 0.2) is 6.29 Å². The summed E-state index contributed by atoms with van der Waals surface area (Å²) < 4.78 is 11.4. The van der Waals surface area contributed by atoms with Gasteiger partial charge in [-0.05, 0) is 66.8 Å². The molecule has 0 amide bonds. The summed E-state index contributed by atoms with van der Waals surface area (Å²) in [5.74, 6) is -0.908. The van der Waals surface area contributed by atoms with Crippen LogP contribution in [0.2, 0.25) is 0 Å². The first kappa shape index (κ1) is 24.9. The molecule has 0 saturated heterocycles. The van der Waals surface area contributed by atoms with Crippen molar-refractivity contribution in [1.82, 2.24) is 0 Å². The van der Waals surface area contributed by atoms with Gasteiger partial charge in [0, 0.05) is 0 Å².